The molecule has 3 rings (SSSR count). The number of fused-ring (bicyclic) bond motifs is 1. The van der Waals surface area contributed by atoms with Gasteiger partial charge >= 0.3 is 0 Å². The van der Waals surface area contributed by atoms with Crippen LogP contribution < -0.4 is 4.90 Å². The van der Waals surface area contributed by atoms with Gasteiger partial charge in [-0.2, -0.15) is 0 Å². The molecule has 0 N–H and O–H groups in total. The Morgan fingerprint density at radius 3 is 3.00 bits per heavy atom. The molecule has 0 fully saturated rings. The lowest BCUT2D eigenvalue weighted by atomic mass is 10.2. The number of hydrogen-bond acceptors (Lipinski definition) is 3. The highest BCUT2D eigenvalue weighted by Crippen LogP contribution is 2.34. The summed E-state index contributed by atoms with van der Waals surface area (Å²) in [7, 11) is 0. The number of aromatic nitrogens is 2. The first-order valence-corrected chi connectivity index (χ1v) is 6.25. The third kappa shape index (κ3) is 1.57. The lowest BCUT2D eigenvalue weighted by Crippen LogP contribution is -2.16. The topological polar surface area (TPSA) is 29.0 Å². The summed E-state index contributed by atoms with van der Waals surface area (Å²) in [6, 6.07) is 8.50. The summed E-state index contributed by atoms with van der Waals surface area (Å²) in [5.74, 6) is 1.01. The molecule has 0 atom stereocenters. The Hall–Kier alpha value is -1.17. The molecule has 1 aromatic carbocycles. The average molecular weight is 323 g/mol. The van der Waals surface area contributed by atoms with E-state index >= 15 is 0 Å². The van der Waals surface area contributed by atoms with Crippen LogP contribution in [0, 0.1) is 3.57 Å². The van der Waals surface area contributed by atoms with Crippen molar-refractivity contribution in [3.63, 3.8) is 0 Å². The Balaban J connectivity index is 2.08. The molecule has 2 aromatic rings. The van der Waals surface area contributed by atoms with Crippen LogP contribution in [0.4, 0.5) is 11.5 Å². The second-order valence-electron chi connectivity index (χ2n) is 3.72. The zero-order chi connectivity index (χ0) is 11.0. The Morgan fingerprint density at radius 1 is 1.25 bits per heavy atom. The molecular weight excluding hydrogens is 313 g/mol. The van der Waals surface area contributed by atoms with E-state index in [2.05, 4.69) is 61.7 Å². The second-order valence-corrected chi connectivity index (χ2v) is 4.89. The molecule has 0 amide bonds. The zero-order valence-electron chi connectivity index (χ0n) is 8.60. The van der Waals surface area contributed by atoms with E-state index in [-0.39, 0.29) is 0 Å². The monoisotopic (exact) mass is 323 g/mol. The van der Waals surface area contributed by atoms with Gasteiger partial charge in [0.15, 0.2) is 0 Å². The number of para-hydroxylation sites is 1. The van der Waals surface area contributed by atoms with Gasteiger partial charge in [-0.15, -0.1) is 0 Å². The van der Waals surface area contributed by atoms with Gasteiger partial charge in [-0.1, -0.05) is 18.2 Å². The molecule has 16 heavy (non-hydrogen) atoms. The summed E-state index contributed by atoms with van der Waals surface area (Å²) >= 11 is 2.28. The number of hydrogen-bond donors (Lipinski definition) is 0. The lowest BCUT2D eigenvalue weighted by Gasteiger charge is -2.18. The van der Waals surface area contributed by atoms with E-state index in [0.29, 0.717) is 0 Å². The van der Waals surface area contributed by atoms with Gasteiger partial charge in [0.25, 0.3) is 0 Å². The van der Waals surface area contributed by atoms with Crippen LogP contribution in [-0.4, -0.2) is 16.5 Å². The Bertz CT molecular complexity index is 527. The number of nitrogens with zero attached hydrogens (tertiary/aromatic N) is 3. The highest BCUT2D eigenvalue weighted by Gasteiger charge is 2.22. The fourth-order valence-corrected chi connectivity index (χ4v) is 2.65. The summed E-state index contributed by atoms with van der Waals surface area (Å²) in [6.45, 7) is 1.01. The minimum atomic E-state index is 1.01. The molecule has 1 aromatic heterocycles. The smallest absolute Gasteiger partial charge is 0.149 e. The molecule has 0 aliphatic carbocycles. The van der Waals surface area contributed by atoms with E-state index in [1.54, 1.807) is 6.33 Å². The maximum Gasteiger partial charge on any atom is 0.149 e. The van der Waals surface area contributed by atoms with Crippen molar-refractivity contribution in [2.45, 2.75) is 6.42 Å². The van der Waals surface area contributed by atoms with E-state index in [0.717, 1.165) is 22.4 Å². The quantitative estimate of drug-likeness (QED) is 0.756. The maximum absolute atomic E-state index is 4.37. The predicted octanol–water partition coefficient (Wildman–Crippen LogP) is 2.78. The van der Waals surface area contributed by atoms with Crippen molar-refractivity contribution in [3.8, 4) is 0 Å². The first-order valence-electron chi connectivity index (χ1n) is 5.17. The van der Waals surface area contributed by atoms with E-state index in [1.807, 2.05) is 6.20 Å². The first kappa shape index (κ1) is 10.0. The van der Waals surface area contributed by atoms with Gasteiger partial charge in [-0.25, -0.2) is 9.97 Å². The molecule has 2 heterocycles. The van der Waals surface area contributed by atoms with Crippen LogP contribution in [0.5, 0.6) is 0 Å². The summed E-state index contributed by atoms with van der Waals surface area (Å²) in [4.78, 5) is 10.7. The van der Waals surface area contributed by atoms with Crippen molar-refractivity contribution < 1.29 is 0 Å². The molecule has 0 spiro atoms. The SMILES string of the molecule is Ic1cncnc1N1CCc2ccccc21. The zero-order valence-corrected chi connectivity index (χ0v) is 10.8. The number of benzene rings is 1. The number of halogens is 1. The van der Waals surface area contributed by atoms with Crippen molar-refractivity contribution in [2.75, 3.05) is 11.4 Å². The van der Waals surface area contributed by atoms with Gasteiger partial charge in [0.2, 0.25) is 0 Å². The van der Waals surface area contributed by atoms with E-state index in [9.17, 15) is 0 Å². The molecule has 1 aliphatic rings. The fraction of sp³-hybridized carbons (Fsp3) is 0.167. The molecule has 0 saturated heterocycles. The first-order chi connectivity index (χ1) is 7.86. The largest absolute Gasteiger partial charge is 0.325 e. The summed E-state index contributed by atoms with van der Waals surface area (Å²) in [5, 5.41) is 0. The summed E-state index contributed by atoms with van der Waals surface area (Å²) in [5.41, 5.74) is 2.68. The Labute approximate surface area is 108 Å². The predicted molar refractivity (Wildman–Crippen MR) is 71.9 cm³/mol. The van der Waals surface area contributed by atoms with E-state index < -0.39 is 0 Å². The molecule has 0 saturated carbocycles. The number of anilines is 2. The van der Waals surface area contributed by atoms with Gasteiger partial charge < -0.3 is 4.90 Å². The third-order valence-electron chi connectivity index (χ3n) is 2.79. The third-order valence-corrected chi connectivity index (χ3v) is 3.55. The summed E-state index contributed by atoms with van der Waals surface area (Å²) in [6.07, 6.45) is 4.55. The van der Waals surface area contributed by atoms with E-state index in [1.165, 1.54) is 11.3 Å². The van der Waals surface area contributed by atoms with Crippen molar-refractivity contribution in [1.29, 1.82) is 0 Å². The van der Waals surface area contributed by atoms with Crippen molar-refractivity contribution in [3.05, 3.63) is 45.9 Å². The molecule has 80 valence electrons. The normalized spacial score (nSPS) is 13.9. The summed E-state index contributed by atoms with van der Waals surface area (Å²) < 4.78 is 1.09. The van der Waals surface area contributed by atoms with Crippen molar-refractivity contribution in [1.82, 2.24) is 9.97 Å². The van der Waals surface area contributed by atoms with Crippen LogP contribution >= 0.6 is 22.6 Å². The highest BCUT2D eigenvalue weighted by atomic mass is 127. The van der Waals surface area contributed by atoms with Crippen LogP contribution in [0.2, 0.25) is 0 Å². The molecule has 0 radical (unpaired) electrons. The van der Waals surface area contributed by atoms with Crippen LogP contribution in [-0.2, 0) is 6.42 Å². The molecule has 1 aliphatic heterocycles. The second kappa shape index (κ2) is 4.01. The minimum Gasteiger partial charge on any atom is -0.325 e. The van der Waals surface area contributed by atoms with Crippen molar-refractivity contribution in [2.24, 2.45) is 0 Å². The van der Waals surface area contributed by atoms with Gasteiger partial charge in [0.1, 0.15) is 12.1 Å². The van der Waals surface area contributed by atoms with Crippen LogP contribution in [0.15, 0.2) is 36.8 Å². The Kier molecular flexibility index (Phi) is 2.51. The van der Waals surface area contributed by atoms with Crippen LogP contribution in [0.25, 0.3) is 0 Å². The Morgan fingerprint density at radius 2 is 2.12 bits per heavy atom. The van der Waals surface area contributed by atoms with Crippen molar-refractivity contribution >= 4 is 34.1 Å². The van der Waals surface area contributed by atoms with E-state index in [4.69, 9.17) is 0 Å². The van der Waals surface area contributed by atoms with Crippen LogP contribution in [0.3, 0.4) is 0 Å². The standard InChI is InChI=1S/C12H10IN3/c13-10-7-14-8-15-12(10)16-6-5-9-3-1-2-4-11(9)16/h1-4,7-8H,5-6H2. The fourth-order valence-electron chi connectivity index (χ4n) is 2.06. The molecular formula is C12H10IN3. The van der Waals surface area contributed by atoms with Crippen LogP contribution in [0.1, 0.15) is 5.56 Å². The van der Waals surface area contributed by atoms with Gasteiger partial charge in [0.05, 0.1) is 3.57 Å². The van der Waals surface area contributed by atoms with Gasteiger partial charge in [-0.3, -0.25) is 0 Å². The maximum atomic E-state index is 4.37. The minimum absolute atomic E-state index is 1.01. The van der Waals surface area contributed by atoms with Gasteiger partial charge in [-0.05, 0) is 40.6 Å². The molecule has 0 unspecified atom stereocenters. The molecule has 4 heteroatoms. The lowest BCUT2D eigenvalue weighted by molar-refractivity contribution is 0.958. The average Bonchev–Trinajstić information content (AvgIpc) is 2.74. The molecule has 0 bridgehead atoms. The number of rotatable bonds is 1. The molecule has 3 nitrogen and oxygen atoms in total. The van der Waals surface area contributed by atoms with Gasteiger partial charge in [0, 0.05) is 18.4 Å². The highest BCUT2D eigenvalue weighted by molar-refractivity contribution is 14.1.